The van der Waals surface area contributed by atoms with Gasteiger partial charge in [0, 0.05) is 65.5 Å². The van der Waals surface area contributed by atoms with Crippen LogP contribution in [0.15, 0.2) is 18.2 Å². The number of fused-ring (bicyclic) bond motifs is 5. The van der Waals surface area contributed by atoms with Gasteiger partial charge >= 0.3 is 6.01 Å². The first-order valence-corrected chi connectivity index (χ1v) is 16.0. The fraction of sp³-hybridized carbons (Fsp3) is 0.412. The first kappa shape index (κ1) is 30.4. The zero-order valence-electron chi connectivity index (χ0n) is 25.2. The summed E-state index contributed by atoms with van der Waals surface area (Å²) in [5, 5.41) is 3.08. The zero-order valence-corrected chi connectivity index (χ0v) is 25.9. The van der Waals surface area contributed by atoms with E-state index in [1.54, 1.807) is 0 Å². The number of nitrogens with two attached hydrogens (primary N) is 1. The molecule has 4 unspecified atom stereocenters. The van der Waals surface area contributed by atoms with Gasteiger partial charge in [0.05, 0.1) is 16.1 Å². The second kappa shape index (κ2) is 11.1. The van der Waals surface area contributed by atoms with Crippen LogP contribution >= 0.6 is 11.6 Å². The van der Waals surface area contributed by atoms with E-state index in [-0.39, 0.29) is 57.4 Å². The maximum Gasteiger partial charge on any atom is 0.319 e. The highest BCUT2D eigenvalue weighted by molar-refractivity contribution is 6.35. The summed E-state index contributed by atoms with van der Waals surface area (Å²) in [6, 6.07) is 4.24. The lowest BCUT2D eigenvalue weighted by Gasteiger charge is -2.34. The molecule has 0 amide bonds. The second-order valence-corrected chi connectivity index (χ2v) is 13.5. The smallest absolute Gasteiger partial charge is 0.319 e. The van der Waals surface area contributed by atoms with E-state index in [0.717, 1.165) is 38.3 Å². The van der Waals surface area contributed by atoms with Gasteiger partial charge in [-0.2, -0.15) is 9.97 Å². The molecule has 244 valence electrons. The third-order valence-corrected chi connectivity index (χ3v) is 10.6. The summed E-state index contributed by atoms with van der Waals surface area (Å²) in [7, 11) is 0. The normalized spacial score (nSPS) is 25.6. The van der Waals surface area contributed by atoms with Gasteiger partial charge in [0.15, 0.2) is 23.3 Å². The van der Waals surface area contributed by atoms with Crippen molar-refractivity contribution < 1.29 is 26.7 Å². The summed E-state index contributed by atoms with van der Waals surface area (Å²) in [6.07, 6.45) is 8.58. The average Bonchev–Trinajstić information content (AvgIpc) is 3.69. The van der Waals surface area contributed by atoms with Crippen molar-refractivity contribution in [2.45, 2.75) is 55.9 Å². The molecule has 4 aliphatic rings. The van der Waals surface area contributed by atoms with Crippen molar-refractivity contribution in [3.8, 4) is 29.5 Å². The van der Waals surface area contributed by atoms with Crippen molar-refractivity contribution in [1.29, 1.82) is 0 Å². The Bertz CT molecular complexity index is 2010. The first-order valence-electron chi connectivity index (χ1n) is 15.7. The molecule has 5 heterocycles. The van der Waals surface area contributed by atoms with Crippen molar-refractivity contribution in [2.75, 3.05) is 43.4 Å². The van der Waals surface area contributed by atoms with Gasteiger partial charge in [-0.05, 0) is 56.0 Å². The van der Waals surface area contributed by atoms with E-state index in [1.165, 1.54) is 12.1 Å². The Morgan fingerprint density at radius 3 is 2.53 bits per heavy atom. The summed E-state index contributed by atoms with van der Waals surface area (Å²) >= 11 is 6.79. The molecule has 4 fully saturated rings. The van der Waals surface area contributed by atoms with E-state index in [2.05, 4.69) is 26.0 Å². The molecule has 4 saturated heterocycles. The van der Waals surface area contributed by atoms with Crippen LogP contribution in [0, 0.1) is 35.6 Å². The van der Waals surface area contributed by atoms with E-state index in [9.17, 15) is 13.2 Å². The molecule has 3 aromatic carbocycles. The van der Waals surface area contributed by atoms with Gasteiger partial charge in [0.2, 0.25) is 0 Å². The number of benzene rings is 3. The van der Waals surface area contributed by atoms with Crippen LogP contribution in [0.1, 0.15) is 37.7 Å². The average molecular weight is 669 g/mol. The number of nitrogens with one attached hydrogen (secondary N) is 1. The van der Waals surface area contributed by atoms with E-state index < -0.39 is 45.9 Å². The third kappa shape index (κ3) is 4.77. The number of terminal acetylenes is 1. The Morgan fingerprint density at radius 1 is 1.02 bits per heavy atom. The molecule has 2 bridgehead atoms. The monoisotopic (exact) mass is 668 g/mol. The number of alkyl halides is 1. The lowest BCUT2D eigenvalue weighted by molar-refractivity contribution is 0.107. The molecule has 0 aliphatic carbocycles. The van der Waals surface area contributed by atoms with Gasteiger partial charge in [-0.25, -0.2) is 22.0 Å². The van der Waals surface area contributed by atoms with Crippen molar-refractivity contribution in [3.63, 3.8) is 0 Å². The minimum Gasteiger partial charge on any atom is -0.461 e. The van der Waals surface area contributed by atoms with Crippen molar-refractivity contribution in [1.82, 2.24) is 20.2 Å². The zero-order chi connectivity index (χ0) is 32.8. The lowest BCUT2D eigenvalue weighted by Crippen LogP contribution is -2.51. The molecule has 7 nitrogen and oxygen atoms in total. The maximum atomic E-state index is 17.0. The SMILES string of the molecule is C#Cc1c(F)c(F)c(F)c2cc(N)cc(-c3c(Cl)cc4c(N5CC6CCC(C5)N6)nc(OCC56CCCN5CC(F)C6)nc4c3F)c12. The predicted molar refractivity (Wildman–Crippen MR) is 170 cm³/mol. The molecule has 1 aromatic heterocycles. The van der Waals surface area contributed by atoms with E-state index >= 15 is 8.78 Å². The summed E-state index contributed by atoms with van der Waals surface area (Å²) in [6.45, 7) is 2.46. The fourth-order valence-electron chi connectivity index (χ4n) is 8.20. The highest BCUT2D eigenvalue weighted by Gasteiger charge is 2.49. The number of hydrogen-bond donors (Lipinski definition) is 2. The van der Waals surface area contributed by atoms with Gasteiger partial charge in [-0.3, -0.25) is 4.90 Å². The maximum absolute atomic E-state index is 17.0. The first-order chi connectivity index (χ1) is 22.6. The molecule has 0 saturated carbocycles. The van der Waals surface area contributed by atoms with Crippen LogP contribution < -0.4 is 20.7 Å². The van der Waals surface area contributed by atoms with Gasteiger partial charge in [0.25, 0.3) is 0 Å². The number of ether oxygens (including phenoxy) is 1. The van der Waals surface area contributed by atoms with E-state index in [4.69, 9.17) is 33.5 Å². The number of rotatable bonds is 5. The number of nitrogen functional groups attached to an aromatic ring is 1. The van der Waals surface area contributed by atoms with Crippen molar-refractivity contribution in [2.24, 2.45) is 0 Å². The van der Waals surface area contributed by atoms with Gasteiger partial charge in [0.1, 0.15) is 24.1 Å². The van der Waals surface area contributed by atoms with E-state index in [1.807, 2.05) is 0 Å². The molecule has 3 N–H and O–H groups in total. The lowest BCUT2D eigenvalue weighted by atomic mass is 9.92. The minimum absolute atomic E-state index is 0.0530. The Morgan fingerprint density at radius 2 is 1.79 bits per heavy atom. The van der Waals surface area contributed by atoms with Gasteiger partial charge < -0.3 is 20.7 Å². The van der Waals surface area contributed by atoms with Crippen LogP contribution in [0.3, 0.4) is 0 Å². The summed E-state index contributed by atoms with van der Waals surface area (Å²) in [5.74, 6) is -3.30. The quantitative estimate of drug-likeness (QED) is 0.115. The summed E-state index contributed by atoms with van der Waals surface area (Å²) < 4.78 is 82.2. The number of nitrogens with zero attached hydrogens (tertiary/aromatic N) is 4. The fourth-order valence-corrected chi connectivity index (χ4v) is 8.50. The van der Waals surface area contributed by atoms with Crippen LogP contribution in [0.4, 0.5) is 33.5 Å². The van der Waals surface area contributed by atoms with Crippen LogP contribution in [0.25, 0.3) is 32.8 Å². The number of anilines is 2. The highest BCUT2D eigenvalue weighted by atomic mass is 35.5. The summed E-state index contributed by atoms with van der Waals surface area (Å²) in [5.41, 5.74) is 4.37. The number of aromatic nitrogens is 2. The number of piperazine rings is 1. The van der Waals surface area contributed by atoms with Crippen LogP contribution in [-0.2, 0) is 0 Å². The topological polar surface area (TPSA) is 79.5 Å². The Labute approximate surface area is 272 Å². The van der Waals surface area contributed by atoms with Crippen molar-refractivity contribution >= 4 is 44.8 Å². The Hall–Kier alpha value is -3.92. The van der Waals surface area contributed by atoms with Gasteiger partial charge in [-0.1, -0.05) is 17.5 Å². The Balaban J connectivity index is 1.32. The van der Waals surface area contributed by atoms with E-state index in [0.29, 0.717) is 37.3 Å². The standard InChI is InChI=1S/C34H30ClF5N6O/c1-2-20-25-21(8-17(41)9-22(25)28(38)30(40)27(20)37)26-24(35)10-23-31(29(26)39)43-33(44-32(23)45-13-18-4-5-19(14-45)42-18)47-15-34-6-3-7-46(34)12-16(36)11-34/h1,8-10,16,18-19,42H,3-7,11-15,41H2. The van der Waals surface area contributed by atoms with Crippen LogP contribution in [0.5, 0.6) is 6.01 Å². The second-order valence-electron chi connectivity index (χ2n) is 13.1. The molecule has 47 heavy (non-hydrogen) atoms. The molecule has 13 heteroatoms. The van der Waals surface area contributed by atoms with Crippen LogP contribution in [0.2, 0.25) is 5.02 Å². The predicted octanol–water partition coefficient (Wildman–Crippen LogP) is 6.12. The van der Waals surface area contributed by atoms with Crippen LogP contribution in [-0.4, -0.2) is 71.4 Å². The third-order valence-electron chi connectivity index (χ3n) is 10.3. The molecule has 4 aliphatic heterocycles. The number of hydrogen-bond acceptors (Lipinski definition) is 7. The molecular formula is C34H30ClF5N6O. The highest BCUT2D eigenvalue weighted by Crippen LogP contribution is 2.45. The molecule has 4 atom stereocenters. The minimum atomic E-state index is -1.77. The summed E-state index contributed by atoms with van der Waals surface area (Å²) in [4.78, 5) is 13.4. The molecule has 8 rings (SSSR count). The van der Waals surface area contributed by atoms with Crippen molar-refractivity contribution in [3.05, 3.63) is 52.1 Å². The van der Waals surface area contributed by atoms with Gasteiger partial charge in [-0.15, -0.1) is 6.42 Å². The largest absolute Gasteiger partial charge is 0.461 e. The molecule has 0 radical (unpaired) electrons. The Kier molecular flexibility index (Phi) is 7.17. The molecule has 4 aromatic rings. The number of halogens is 6. The molecule has 0 spiro atoms. The molecular weight excluding hydrogens is 639 g/mol.